The maximum atomic E-state index is 11.4. The zero-order valence-electron chi connectivity index (χ0n) is 27.9. The average molecular weight is 745 g/mol. The summed E-state index contributed by atoms with van der Waals surface area (Å²) in [4.78, 5) is 0. The molecule has 0 amide bonds. The Labute approximate surface area is 292 Å². The monoisotopic (exact) mass is 744 g/mol. The van der Waals surface area contributed by atoms with Crippen molar-refractivity contribution in [2.75, 3.05) is 26.4 Å². The molecule has 0 aromatic heterocycles. The molecule has 21 nitrogen and oxygen atoms in total. The maximum Gasteiger partial charge on any atom is 0.230 e. The van der Waals surface area contributed by atoms with Gasteiger partial charge in [0.15, 0.2) is 18.9 Å². The van der Waals surface area contributed by atoms with Crippen molar-refractivity contribution >= 4 is 0 Å². The van der Waals surface area contributed by atoms with Crippen molar-refractivity contribution in [3.05, 3.63) is 0 Å². The van der Waals surface area contributed by atoms with Gasteiger partial charge in [0.1, 0.15) is 103 Å². The number of ether oxygens (including phenoxy) is 9. The fourth-order valence-electron chi connectivity index (χ4n) is 7.70. The zero-order chi connectivity index (χ0) is 37.0. The summed E-state index contributed by atoms with van der Waals surface area (Å²) < 4.78 is 52.2. The SMILES string of the molecule is CCCCCC(N)(N)[C@@]1(O[C@@H]2[C@H]3OC[C@@H]2O[C@@H](O[C@@H]2[C@@H](O)[C@H](O[C@@H]4[C@H]5OC[C@@H]4O[C@@H](O)[C@H]5O)O[C@H](CO)[C@H]2O)[C@H]3O)O[C@H](CO)[C@H](O)[C@H](O)[C@H]1O. The van der Waals surface area contributed by atoms with E-state index >= 15 is 0 Å². The van der Waals surface area contributed by atoms with E-state index in [-0.39, 0.29) is 19.6 Å². The molecule has 296 valence electrons. The van der Waals surface area contributed by atoms with E-state index in [2.05, 4.69) is 0 Å². The van der Waals surface area contributed by atoms with E-state index in [4.69, 9.17) is 54.1 Å². The molecule has 0 aromatic carbocycles. The van der Waals surface area contributed by atoms with Gasteiger partial charge in [-0.3, -0.25) is 0 Å². The number of unbranched alkanes of at least 4 members (excludes halogenated alkanes) is 2. The molecule has 0 aliphatic carbocycles. The van der Waals surface area contributed by atoms with Crippen LogP contribution in [-0.4, -0.2) is 205 Å². The summed E-state index contributed by atoms with van der Waals surface area (Å²) in [7, 11) is 0. The number of aliphatic hydroxyl groups is 10. The number of aliphatic hydroxyl groups excluding tert-OH is 10. The number of hydrogen-bond donors (Lipinski definition) is 12. The van der Waals surface area contributed by atoms with E-state index in [1.165, 1.54) is 0 Å². The van der Waals surface area contributed by atoms with Gasteiger partial charge in [-0.15, -0.1) is 0 Å². The van der Waals surface area contributed by atoms with E-state index in [9.17, 15) is 51.1 Å². The van der Waals surface area contributed by atoms with Crippen LogP contribution in [-0.2, 0) is 42.6 Å². The Balaban J connectivity index is 1.19. The Morgan fingerprint density at radius 2 is 1.27 bits per heavy atom. The first-order chi connectivity index (χ1) is 24.2. The van der Waals surface area contributed by atoms with Crippen molar-refractivity contribution in [1.82, 2.24) is 0 Å². The molecule has 4 bridgehead atoms. The smallest absolute Gasteiger partial charge is 0.230 e. The van der Waals surface area contributed by atoms with Crippen molar-refractivity contribution in [1.29, 1.82) is 0 Å². The summed E-state index contributed by atoms with van der Waals surface area (Å²) in [5.41, 5.74) is 11.1. The highest BCUT2D eigenvalue weighted by Gasteiger charge is 2.66. The molecular formula is C30H52N2O19. The van der Waals surface area contributed by atoms with E-state index in [0.717, 1.165) is 6.42 Å². The van der Waals surface area contributed by atoms with Crippen LogP contribution < -0.4 is 11.5 Å². The molecule has 0 aromatic rings. The topological polar surface area (TPSA) is 337 Å². The van der Waals surface area contributed by atoms with Crippen LogP contribution in [0.2, 0.25) is 0 Å². The second kappa shape index (κ2) is 15.7. The fraction of sp³-hybridized carbons (Fsp3) is 1.00. The number of fused-ring (bicyclic) bond motifs is 4. The molecule has 0 saturated carbocycles. The third-order valence-electron chi connectivity index (χ3n) is 10.7. The first kappa shape index (κ1) is 39.8. The van der Waals surface area contributed by atoms with Gasteiger partial charge in [-0.2, -0.15) is 0 Å². The molecule has 0 radical (unpaired) electrons. The molecule has 6 aliphatic heterocycles. The molecule has 21 heteroatoms. The molecule has 6 fully saturated rings. The van der Waals surface area contributed by atoms with Crippen LogP contribution in [0.4, 0.5) is 0 Å². The molecule has 0 unspecified atom stereocenters. The summed E-state index contributed by atoms with van der Waals surface area (Å²) >= 11 is 0. The van der Waals surface area contributed by atoms with Crippen LogP contribution >= 0.6 is 0 Å². The first-order valence-corrected chi connectivity index (χ1v) is 17.3. The number of rotatable bonds is 13. The van der Waals surface area contributed by atoms with Crippen molar-refractivity contribution in [3.8, 4) is 0 Å². The lowest BCUT2D eigenvalue weighted by molar-refractivity contribution is -0.415. The lowest BCUT2D eigenvalue weighted by Crippen LogP contribution is -2.81. The van der Waals surface area contributed by atoms with Gasteiger partial charge in [0.2, 0.25) is 5.79 Å². The van der Waals surface area contributed by atoms with Gasteiger partial charge >= 0.3 is 0 Å². The number of hydrogen-bond acceptors (Lipinski definition) is 21. The van der Waals surface area contributed by atoms with Crippen LogP contribution in [0, 0.1) is 0 Å². The molecule has 51 heavy (non-hydrogen) atoms. The lowest BCUT2D eigenvalue weighted by atomic mass is 9.82. The second-order valence-corrected chi connectivity index (χ2v) is 14.1. The predicted molar refractivity (Wildman–Crippen MR) is 161 cm³/mol. The average Bonchev–Trinajstić information content (AvgIpc) is 3.59. The Morgan fingerprint density at radius 3 is 1.92 bits per heavy atom. The van der Waals surface area contributed by atoms with Crippen LogP contribution in [0.15, 0.2) is 0 Å². The molecule has 6 heterocycles. The lowest BCUT2D eigenvalue weighted by Gasteiger charge is -2.56. The van der Waals surface area contributed by atoms with E-state index < -0.39 is 141 Å². The van der Waals surface area contributed by atoms with E-state index in [1.54, 1.807) is 0 Å². The third-order valence-corrected chi connectivity index (χ3v) is 10.7. The summed E-state index contributed by atoms with van der Waals surface area (Å²) in [5, 5.41) is 106. The van der Waals surface area contributed by atoms with Gasteiger partial charge in [-0.1, -0.05) is 26.2 Å². The van der Waals surface area contributed by atoms with Gasteiger partial charge in [0, 0.05) is 0 Å². The molecule has 14 N–H and O–H groups in total. The third kappa shape index (κ3) is 7.09. The van der Waals surface area contributed by atoms with Gasteiger partial charge in [-0.25, -0.2) is 0 Å². The molecular weight excluding hydrogens is 692 g/mol. The van der Waals surface area contributed by atoms with Crippen LogP contribution in [0.25, 0.3) is 0 Å². The molecule has 6 aliphatic rings. The van der Waals surface area contributed by atoms with Gasteiger partial charge in [0.05, 0.1) is 26.4 Å². The van der Waals surface area contributed by atoms with Gasteiger partial charge in [0.25, 0.3) is 0 Å². The Hall–Kier alpha value is -0.840. The summed E-state index contributed by atoms with van der Waals surface area (Å²) in [6.07, 6.45) is -26.1. The highest BCUT2D eigenvalue weighted by Crippen LogP contribution is 2.44. The van der Waals surface area contributed by atoms with Crippen LogP contribution in [0.1, 0.15) is 32.6 Å². The fourth-order valence-corrected chi connectivity index (χ4v) is 7.70. The second-order valence-electron chi connectivity index (χ2n) is 14.1. The first-order valence-electron chi connectivity index (χ1n) is 17.3. The van der Waals surface area contributed by atoms with Crippen molar-refractivity contribution < 1.29 is 93.7 Å². The largest absolute Gasteiger partial charge is 0.394 e. The Bertz CT molecular complexity index is 1160. The predicted octanol–water partition coefficient (Wildman–Crippen LogP) is -7.09. The highest BCUT2D eigenvalue weighted by atomic mass is 16.8. The molecule has 6 rings (SSSR count). The van der Waals surface area contributed by atoms with Crippen molar-refractivity contribution in [3.63, 3.8) is 0 Å². The van der Waals surface area contributed by atoms with E-state index in [1.807, 2.05) is 6.92 Å². The minimum Gasteiger partial charge on any atom is -0.394 e. The van der Waals surface area contributed by atoms with Crippen LogP contribution in [0.3, 0.4) is 0 Å². The van der Waals surface area contributed by atoms with E-state index in [0.29, 0.717) is 12.8 Å². The molecule has 20 atom stereocenters. The number of nitrogens with two attached hydrogens (primary N) is 2. The summed E-state index contributed by atoms with van der Waals surface area (Å²) in [6, 6.07) is 0. The maximum absolute atomic E-state index is 11.4. The molecule has 6 saturated heterocycles. The zero-order valence-corrected chi connectivity index (χ0v) is 27.9. The van der Waals surface area contributed by atoms with Crippen molar-refractivity contribution in [2.45, 2.75) is 161 Å². The Morgan fingerprint density at radius 1 is 0.667 bits per heavy atom. The van der Waals surface area contributed by atoms with Crippen molar-refractivity contribution in [2.24, 2.45) is 11.5 Å². The highest BCUT2D eigenvalue weighted by molar-refractivity contribution is 5.10. The molecule has 0 spiro atoms. The minimum absolute atomic E-state index is 0.00581. The summed E-state index contributed by atoms with van der Waals surface area (Å²) in [6.45, 7) is 0.164. The standard InChI is InChI=1S/C30H52N2O19/c1-2-3-4-5-29(31,32)30(25(41)16(37)14(35)11(7-34)50-30)51-21-13-9-44-24(21)19(40)28(47-13)49-22-15(36)10(6-33)46-27(18(22)39)48-20-12-8-43-23(20)17(38)26(42)45-12/h10-28,33-42H,2-9,31-32H2,1H3/t10-,11-,12+,13+,14+,15-,16+,17+,18-,19+,20+,21+,22+,23+,24+,25-,26-,27+,28+,30-/m1/s1. The Kier molecular flexibility index (Phi) is 12.3. The normalized spacial score (nSPS) is 51.6. The van der Waals surface area contributed by atoms with Gasteiger partial charge < -0.3 is 105 Å². The van der Waals surface area contributed by atoms with Gasteiger partial charge in [-0.05, 0) is 6.42 Å². The summed E-state index contributed by atoms with van der Waals surface area (Å²) in [5.74, 6) is -2.46. The minimum atomic E-state index is -2.46. The van der Waals surface area contributed by atoms with Crippen LogP contribution in [0.5, 0.6) is 0 Å². The quantitative estimate of drug-likeness (QED) is 0.0615.